The first-order chi connectivity index (χ1) is 17.1. The van der Waals surface area contributed by atoms with Crippen molar-refractivity contribution in [2.75, 3.05) is 13.1 Å². The van der Waals surface area contributed by atoms with Crippen molar-refractivity contribution in [3.05, 3.63) is 77.1 Å². The summed E-state index contributed by atoms with van der Waals surface area (Å²) in [6.07, 6.45) is 5.46. The maximum atomic E-state index is 14.0. The molecular formula is C33H53F2N. The Kier molecular flexibility index (Phi) is 17.1. The molecule has 3 heteroatoms. The van der Waals surface area contributed by atoms with E-state index in [0.717, 1.165) is 55.6 Å². The molecule has 0 fully saturated rings. The second kappa shape index (κ2) is 18.1. The molecule has 0 aromatic heterocycles. The Morgan fingerprint density at radius 1 is 0.944 bits per heavy atom. The van der Waals surface area contributed by atoms with Crippen LogP contribution in [0.4, 0.5) is 8.78 Å². The van der Waals surface area contributed by atoms with E-state index in [1.165, 1.54) is 17.5 Å². The molecule has 0 aliphatic carbocycles. The van der Waals surface area contributed by atoms with Crippen molar-refractivity contribution < 1.29 is 8.78 Å². The summed E-state index contributed by atoms with van der Waals surface area (Å²) < 4.78 is 27.3. The predicted octanol–water partition coefficient (Wildman–Crippen LogP) is 10.4. The van der Waals surface area contributed by atoms with Crippen LogP contribution in [0.1, 0.15) is 116 Å². The van der Waals surface area contributed by atoms with Gasteiger partial charge >= 0.3 is 0 Å². The van der Waals surface area contributed by atoms with Crippen LogP contribution in [0.3, 0.4) is 0 Å². The molecule has 0 bridgehead atoms. The SMILES string of the molecule is C=C(c1ccc(CCC(C)(C)F)c(CC)c1)N(CCC)CC(CC)c1ccc(F)cc1.CC.CCC. The number of nitrogens with zero attached hydrogens (tertiary/aromatic N) is 1. The van der Waals surface area contributed by atoms with E-state index in [0.29, 0.717) is 12.3 Å². The second-order valence-corrected chi connectivity index (χ2v) is 9.81. The molecule has 0 radical (unpaired) electrons. The molecule has 2 aromatic rings. The molecule has 204 valence electrons. The fourth-order valence-electron chi connectivity index (χ4n) is 4.07. The van der Waals surface area contributed by atoms with Gasteiger partial charge in [0, 0.05) is 24.7 Å². The first kappa shape index (κ1) is 33.8. The van der Waals surface area contributed by atoms with Crippen LogP contribution in [0.25, 0.3) is 5.70 Å². The highest BCUT2D eigenvalue weighted by atomic mass is 19.1. The molecule has 1 atom stereocenters. The van der Waals surface area contributed by atoms with Crippen molar-refractivity contribution >= 4 is 5.70 Å². The van der Waals surface area contributed by atoms with Crippen LogP contribution in [0, 0.1) is 5.82 Å². The molecule has 0 N–H and O–H groups in total. The first-order valence-electron chi connectivity index (χ1n) is 14.1. The number of benzene rings is 2. The summed E-state index contributed by atoms with van der Waals surface area (Å²) in [5.41, 5.74) is 4.66. The van der Waals surface area contributed by atoms with Gasteiger partial charge in [-0.3, -0.25) is 0 Å². The van der Waals surface area contributed by atoms with Gasteiger partial charge in [-0.05, 0) is 86.4 Å². The third-order valence-corrected chi connectivity index (χ3v) is 6.06. The molecule has 1 nitrogen and oxygen atoms in total. The molecule has 0 saturated heterocycles. The van der Waals surface area contributed by atoms with Crippen molar-refractivity contribution in [2.24, 2.45) is 0 Å². The van der Waals surface area contributed by atoms with Gasteiger partial charge in [-0.1, -0.05) is 85.7 Å². The Balaban J connectivity index is 0.00000227. The van der Waals surface area contributed by atoms with Gasteiger partial charge in [0.1, 0.15) is 11.5 Å². The molecule has 0 amide bonds. The van der Waals surface area contributed by atoms with Gasteiger partial charge in [-0.2, -0.15) is 0 Å². The third kappa shape index (κ3) is 12.2. The summed E-state index contributed by atoms with van der Waals surface area (Å²) in [7, 11) is 0. The zero-order valence-electron chi connectivity index (χ0n) is 24.7. The largest absolute Gasteiger partial charge is 0.371 e. The van der Waals surface area contributed by atoms with Crippen LogP contribution in [0.15, 0.2) is 49.0 Å². The summed E-state index contributed by atoms with van der Waals surface area (Å²) >= 11 is 0. The lowest BCUT2D eigenvalue weighted by molar-refractivity contribution is 0.202. The van der Waals surface area contributed by atoms with Gasteiger partial charge in [0.25, 0.3) is 0 Å². The highest BCUT2D eigenvalue weighted by Gasteiger charge is 2.19. The van der Waals surface area contributed by atoms with Crippen molar-refractivity contribution in [1.29, 1.82) is 0 Å². The molecule has 2 rings (SSSR count). The number of aryl methyl sites for hydroxylation is 2. The number of rotatable bonds is 12. The average molecular weight is 502 g/mol. The minimum Gasteiger partial charge on any atom is -0.371 e. The molecule has 2 aromatic carbocycles. The van der Waals surface area contributed by atoms with E-state index in [2.05, 4.69) is 64.3 Å². The second-order valence-electron chi connectivity index (χ2n) is 9.81. The van der Waals surface area contributed by atoms with Crippen molar-refractivity contribution in [1.82, 2.24) is 4.90 Å². The Bertz CT molecular complexity index is 849. The molecule has 0 saturated carbocycles. The van der Waals surface area contributed by atoms with Crippen molar-refractivity contribution in [2.45, 2.75) is 112 Å². The Morgan fingerprint density at radius 3 is 2.00 bits per heavy atom. The average Bonchev–Trinajstić information content (AvgIpc) is 2.86. The van der Waals surface area contributed by atoms with Gasteiger partial charge in [-0.15, -0.1) is 0 Å². The molecule has 36 heavy (non-hydrogen) atoms. The highest BCUT2D eigenvalue weighted by molar-refractivity contribution is 5.63. The number of hydrogen-bond acceptors (Lipinski definition) is 1. The first-order valence-corrected chi connectivity index (χ1v) is 14.1. The zero-order valence-corrected chi connectivity index (χ0v) is 24.7. The summed E-state index contributed by atoms with van der Waals surface area (Å²) in [4.78, 5) is 2.36. The monoisotopic (exact) mass is 501 g/mol. The fraction of sp³-hybridized carbons (Fsp3) is 0.576. The molecule has 1 unspecified atom stereocenters. The Morgan fingerprint density at radius 2 is 1.53 bits per heavy atom. The maximum Gasteiger partial charge on any atom is 0.123 e. The molecule has 0 heterocycles. The van der Waals surface area contributed by atoms with E-state index in [1.807, 2.05) is 26.0 Å². The van der Waals surface area contributed by atoms with Gasteiger partial charge in [0.15, 0.2) is 0 Å². The lowest BCUT2D eigenvalue weighted by Crippen LogP contribution is -2.28. The molecule has 0 spiro atoms. The van der Waals surface area contributed by atoms with Crippen LogP contribution >= 0.6 is 0 Å². The normalized spacial score (nSPS) is 11.5. The smallest absolute Gasteiger partial charge is 0.123 e. The van der Waals surface area contributed by atoms with Crippen LogP contribution < -0.4 is 0 Å². The van der Waals surface area contributed by atoms with Crippen molar-refractivity contribution in [3.63, 3.8) is 0 Å². The van der Waals surface area contributed by atoms with Gasteiger partial charge in [0.2, 0.25) is 0 Å². The van der Waals surface area contributed by atoms with Crippen LogP contribution in [-0.4, -0.2) is 23.7 Å². The molecular weight excluding hydrogens is 448 g/mol. The summed E-state index contributed by atoms with van der Waals surface area (Å²) in [6, 6.07) is 13.4. The molecule has 0 aliphatic rings. The topological polar surface area (TPSA) is 3.24 Å². The maximum absolute atomic E-state index is 14.0. The molecule has 0 aliphatic heterocycles. The lowest BCUT2D eigenvalue weighted by Gasteiger charge is -2.31. The zero-order chi connectivity index (χ0) is 27.7. The number of halogens is 2. The van der Waals surface area contributed by atoms with E-state index < -0.39 is 5.67 Å². The highest BCUT2D eigenvalue weighted by Crippen LogP contribution is 2.28. The minimum absolute atomic E-state index is 0.197. The Hall–Kier alpha value is -2.16. The van der Waals surface area contributed by atoms with Crippen LogP contribution in [-0.2, 0) is 12.8 Å². The van der Waals surface area contributed by atoms with E-state index in [4.69, 9.17) is 0 Å². The summed E-state index contributed by atoms with van der Waals surface area (Å²) in [5, 5.41) is 0. The number of hydrogen-bond donors (Lipinski definition) is 0. The van der Waals surface area contributed by atoms with Gasteiger partial charge < -0.3 is 4.90 Å². The summed E-state index contributed by atoms with van der Waals surface area (Å²) in [5.74, 6) is 0.123. The van der Waals surface area contributed by atoms with E-state index in [-0.39, 0.29) is 5.82 Å². The summed E-state index contributed by atoms with van der Waals surface area (Å²) in [6.45, 7) is 24.3. The number of alkyl halides is 1. The minimum atomic E-state index is -1.15. The van der Waals surface area contributed by atoms with Crippen LogP contribution in [0.2, 0.25) is 0 Å². The van der Waals surface area contributed by atoms with Gasteiger partial charge in [-0.25, -0.2) is 8.78 Å². The van der Waals surface area contributed by atoms with Crippen LogP contribution in [0.5, 0.6) is 0 Å². The van der Waals surface area contributed by atoms with E-state index in [9.17, 15) is 8.78 Å². The quantitative estimate of drug-likeness (QED) is 0.279. The third-order valence-electron chi connectivity index (χ3n) is 6.06. The Labute approximate surface area is 222 Å². The van der Waals surface area contributed by atoms with E-state index >= 15 is 0 Å². The standard InChI is InChI=1S/C28H39F2N.C3H8.C2H6/c1-7-18-31(20-23(9-3)24-12-14-27(29)15-13-24)21(4)26-11-10-25(22(8-2)19-26)16-17-28(5,6)30;1-3-2;1-2/h10-15,19,23H,4,7-9,16-18,20H2,1-3,5-6H3;3H2,1-2H3;1-2H3. The van der Waals surface area contributed by atoms with E-state index in [1.54, 1.807) is 26.0 Å². The van der Waals surface area contributed by atoms with Gasteiger partial charge in [0.05, 0.1) is 0 Å². The van der Waals surface area contributed by atoms with Crippen molar-refractivity contribution in [3.8, 4) is 0 Å². The predicted molar refractivity (Wildman–Crippen MR) is 157 cm³/mol. The lowest BCUT2D eigenvalue weighted by atomic mass is 9.93. The fourth-order valence-corrected chi connectivity index (χ4v) is 4.07.